The summed E-state index contributed by atoms with van der Waals surface area (Å²) in [6.07, 6.45) is 6.92. The molecule has 0 spiro atoms. The third kappa shape index (κ3) is 3.91. The average molecular weight is 341 g/mol. The molecule has 0 aromatic carbocycles. The summed E-state index contributed by atoms with van der Waals surface area (Å²) in [7, 11) is 0. The minimum atomic E-state index is -0.340. The maximum Gasteiger partial charge on any atom is 0.249 e. The fraction of sp³-hybridized carbons (Fsp3) is 0.474. The van der Waals surface area contributed by atoms with Gasteiger partial charge in [-0.1, -0.05) is 6.07 Å². The highest BCUT2D eigenvalue weighted by Crippen LogP contribution is 2.33. The van der Waals surface area contributed by atoms with Gasteiger partial charge in [0, 0.05) is 24.8 Å². The molecule has 2 aromatic heterocycles. The van der Waals surface area contributed by atoms with Crippen molar-refractivity contribution < 1.29 is 13.9 Å². The van der Waals surface area contributed by atoms with Crippen molar-refractivity contribution in [3.05, 3.63) is 54.2 Å². The van der Waals surface area contributed by atoms with Crippen molar-refractivity contribution in [1.29, 1.82) is 0 Å². The van der Waals surface area contributed by atoms with Crippen LogP contribution in [0.4, 0.5) is 0 Å². The van der Waals surface area contributed by atoms with Crippen LogP contribution in [0.2, 0.25) is 0 Å². The van der Waals surface area contributed by atoms with Crippen molar-refractivity contribution in [1.82, 2.24) is 15.2 Å². The maximum atomic E-state index is 12.4. The van der Waals surface area contributed by atoms with Crippen LogP contribution in [-0.2, 0) is 22.6 Å². The molecular formula is C19H23N3O3. The molecule has 0 saturated carbocycles. The second kappa shape index (κ2) is 7.37. The molecule has 1 N–H and O–H groups in total. The van der Waals surface area contributed by atoms with Gasteiger partial charge >= 0.3 is 0 Å². The van der Waals surface area contributed by atoms with Crippen molar-refractivity contribution in [2.75, 3.05) is 13.1 Å². The first-order valence-electron chi connectivity index (χ1n) is 8.84. The number of amides is 1. The first-order valence-corrected chi connectivity index (χ1v) is 8.84. The molecule has 1 amide bonds. The summed E-state index contributed by atoms with van der Waals surface area (Å²) in [6, 6.07) is 7.69. The zero-order chi connectivity index (χ0) is 17.1. The van der Waals surface area contributed by atoms with Crippen LogP contribution < -0.4 is 5.32 Å². The van der Waals surface area contributed by atoms with Crippen LogP contribution in [0.3, 0.4) is 0 Å². The fourth-order valence-electron chi connectivity index (χ4n) is 3.74. The number of carbonyl (C=O) groups excluding carboxylic acids is 1. The maximum absolute atomic E-state index is 12.4. The lowest BCUT2D eigenvalue weighted by molar-refractivity contribution is -0.133. The van der Waals surface area contributed by atoms with Crippen molar-refractivity contribution in [3.63, 3.8) is 0 Å². The number of pyridine rings is 1. The van der Waals surface area contributed by atoms with Crippen LogP contribution in [0.25, 0.3) is 0 Å². The first kappa shape index (κ1) is 16.3. The largest absolute Gasteiger partial charge is 0.472 e. The molecule has 4 heterocycles. The number of hydrogen-bond donors (Lipinski definition) is 1. The molecule has 25 heavy (non-hydrogen) atoms. The third-order valence-corrected chi connectivity index (χ3v) is 5.08. The van der Waals surface area contributed by atoms with Crippen LogP contribution in [0.1, 0.15) is 24.1 Å². The lowest BCUT2D eigenvalue weighted by Gasteiger charge is -2.33. The number of carbonyl (C=O) groups is 1. The molecule has 2 fully saturated rings. The van der Waals surface area contributed by atoms with E-state index >= 15 is 0 Å². The molecule has 0 aliphatic carbocycles. The van der Waals surface area contributed by atoms with E-state index < -0.39 is 0 Å². The van der Waals surface area contributed by atoms with E-state index in [1.807, 2.05) is 24.3 Å². The Bertz CT molecular complexity index is 689. The van der Waals surface area contributed by atoms with Gasteiger partial charge in [-0.3, -0.25) is 14.7 Å². The van der Waals surface area contributed by atoms with Gasteiger partial charge in [-0.15, -0.1) is 0 Å². The Morgan fingerprint density at radius 2 is 2.32 bits per heavy atom. The molecule has 4 rings (SSSR count). The van der Waals surface area contributed by atoms with Gasteiger partial charge in [-0.25, -0.2) is 0 Å². The summed E-state index contributed by atoms with van der Waals surface area (Å²) < 4.78 is 11.2. The Labute approximate surface area is 147 Å². The second-order valence-corrected chi connectivity index (χ2v) is 6.85. The second-order valence-electron chi connectivity index (χ2n) is 6.85. The van der Waals surface area contributed by atoms with Crippen LogP contribution in [-0.4, -0.2) is 41.1 Å². The zero-order valence-electron chi connectivity index (χ0n) is 14.1. The smallest absolute Gasteiger partial charge is 0.249 e. The van der Waals surface area contributed by atoms with Crippen LogP contribution in [0, 0.1) is 5.92 Å². The van der Waals surface area contributed by atoms with E-state index in [4.69, 9.17) is 9.15 Å². The molecule has 6 heteroatoms. The van der Waals surface area contributed by atoms with Gasteiger partial charge in [0.05, 0.1) is 30.9 Å². The highest BCUT2D eigenvalue weighted by molar-refractivity contribution is 5.81. The summed E-state index contributed by atoms with van der Waals surface area (Å²) in [6.45, 7) is 3.24. The van der Waals surface area contributed by atoms with Crippen molar-refractivity contribution >= 4 is 5.91 Å². The Hall–Kier alpha value is -2.18. The van der Waals surface area contributed by atoms with E-state index in [0.29, 0.717) is 12.5 Å². The molecule has 6 nitrogen and oxygen atoms in total. The Kier molecular flexibility index (Phi) is 4.81. The van der Waals surface area contributed by atoms with Gasteiger partial charge in [-0.05, 0) is 43.5 Å². The zero-order valence-corrected chi connectivity index (χ0v) is 14.1. The molecule has 2 aliphatic heterocycles. The summed E-state index contributed by atoms with van der Waals surface area (Å²) >= 11 is 0. The number of fused-ring (bicyclic) bond motifs is 1. The monoisotopic (exact) mass is 341 g/mol. The van der Waals surface area contributed by atoms with Gasteiger partial charge in [0.1, 0.15) is 6.10 Å². The first-order chi connectivity index (χ1) is 12.3. The number of piperidine rings is 1. The number of nitrogens with one attached hydrogen (secondary N) is 1. The standard InChI is InChI=1S/C19H23N3O3/c23-19(21-10-16-3-1-2-6-20-16)17-9-15-4-7-22(12-18(15)25-17)11-14-5-8-24-13-14/h1-3,5-6,8,13,15,17-18H,4,7,9-12H2,(H,21,23)/t15-,17+,18-/m0/s1. The van der Waals surface area contributed by atoms with Crippen molar-refractivity contribution in [2.45, 2.75) is 38.1 Å². The molecule has 0 bridgehead atoms. The Morgan fingerprint density at radius 1 is 1.36 bits per heavy atom. The third-order valence-electron chi connectivity index (χ3n) is 5.08. The number of nitrogens with zero attached hydrogens (tertiary/aromatic N) is 2. The molecular weight excluding hydrogens is 318 g/mol. The molecule has 2 saturated heterocycles. The van der Waals surface area contributed by atoms with Crippen molar-refractivity contribution in [2.24, 2.45) is 5.92 Å². The number of aromatic nitrogens is 1. The quantitative estimate of drug-likeness (QED) is 0.901. The number of rotatable bonds is 5. The Balaban J connectivity index is 1.28. The summed E-state index contributed by atoms with van der Waals surface area (Å²) in [5.41, 5.74) is 2.04. The van der Waals surface area contributed by atoms with E-state index in [-0.39, 0.29) is 18.1 Å². The van der Waals surface area contributed by atoms with Crippen LogP contribution >= 0.6 is 0 Å². The molecule has 2 aliphatic rings. The van der Waals surface area contributed by atoms with Crippen LogP contribution in [0.15, 0.2) is 47.4 Å². The number of furan rings is 1. The van der Waals surface area contributed by atoms with Gasteiger partial charge in [-0.2, -0.15) is 0 Å². The number of ether oxygens (including phenoxy) is 1. The SMILES string of the molecule is O=C(NCc1ccccn1)[C@H]1C[C@@H]2CCN(Cc3ccoc3)C[C@@H]2O1. The minimum Gasteiger partial charge on any atom is -0.472 e. The predicted molar refractivity (Wildman–Crippen MR) is 91.5 cm³/mol. The van der Waals surface area contributed by atoms with Crippen LogP contribution in [0.5, 0.6) is 0 Å². The van der Waals surface area contributed by atoms with Crippen molar-refractivity contribution in [3.8, 4) is 0 Å². The fourth-order valence-corrected chi connectivity index (χ4v) is 3.74. The molecule has 0 radical (unpaired) electrons. The minimum absolute atomic E-state index is 0.0264. The predicted octanol–water partition coefficient (Wildman–Crippen LogP) is 1.97. The van der Waals surface area contributed by atoms with E-state index in [1.54, 1.807) is 18.7 Å². The average Bonchev–Trinajstić information content (AvgIpc) is 3.30. The van der Waals surface area contributed by atoms with Gasteiger partial charge in [0.15, 0.2) is 0 Å². The number of likely N-dealkylation sites (tertiary alicyclic amines) is 1. The summed E-state index contributed by atoms with van der Waals surface area (Å²) in [5.74, 6) is 0.452. The normalized spacial score (nSPS) is 26.3. The Morgan fingerprint density at radius 3 is 3.12 bits per heavy atom. The molecule has 0 unspecified atom stereocenters. The van der Waals surface area contributed by atoms with E-state index in [1.165, 1.54) is 5.56 Å². The van der Waals surface area contributed by atoms with E-state index in [9.17, 15) is 4.79 Å². The number of hydrogen-bond acceptors (Lipinski definition) is 5. The summed E-state index contributed by atoms with van der Waals surface area (Å²) in [4.78, 5) is 19.0. The van der Waals surface area contributed by atoms with Gasteiger partial charge in [0.25, 0.3) is 0 Å². The highest BCUT2D eigenvalue weighted by Gasteiger charge is 2.41. The lowest BCUT2D eigenvalue weighted by Crippen LogP contribution is -2.42. The molecule has 3 atom stereocenters. The molecule has 2 aromatic rings. The molecule has 132 valence electrons. The van der Waals surface area contributed by atoms with E-state index in [0.717, 1.165) is 38.2 Å². The topological polar surface area (TPSA) is 67.6 Å². The lowest BCUT2D eigenvalue weighted by atomic mass is 9.91. The summed E-state index contributed by atoms with van der Waals surface area (Å²) in [5, 5.41) is 2.95. The highest BCUT2D eigenvalue weighted by atomic mass is 16.5. The van der Waals surface area contributed by atoms with Gasteiger partial charge in [0.2, 0.25) is 5.91 Å². The van der Waals surface area contributed by atoms with E-state index in [2.05, 4.69) is 15.2 Å². The van der Waals surface area contributed by atoms with Gasteiger partial charge < -0.3 is 14.5 Å².